The predicted octanol–water partition coefficient (Wildman–Crippen LogP) is -0.651. The lowest BCUT2D eigenvalue weighted by Gasteiger charge is -2.37. The van der Waals surface area contributed by atoms with Gasteiger partial charge in [0.2, 0.25) is 5.91 Å². The molecule has 4 heteroatoms. The molecule has 0 heterocycles. The van der Waals surface area contributed by atoms with E-state index in [0.29, 0.717) is 6.54 Å². The van der Waals surface area contributed by atoms with E-state index < -0.39 is 0 Å². The third-order valence-electron chi connectivity index (χ3n) is 3.77. The number of rotatable bonds is 8. The Kier molecular flexibility index (Phi) is 9.17. The average molecular weight is 341 g/mol. The zero-order valence-electron chi connectivity index (χ0n) is 12.4. The van der Waals surface area contributed by atoms with E-state index in [2.05, 4.69) is 50.0 Å². The summed E-state index contributed by atoms with van der Waals surface area (Å²) in [7, 11) is 0. The molecule has 20 heavy (non-hydrogen) atoms. The molecule has 0 spiro atoms. The second kappa shape index (κ2) is 9.72. The van der Waals surface area contributed by atoms with Crippen LogP contribution in [0.25, 0.3) is 0 Å². The van der Waals surface area contributed by atoms with E-state index in [-0.39, 0.29) is 22.9 Å². The molecule has 1 amide bonds. The highest BCUT2D eigenvalue weighted by molar-refractivity contribution is 5.86. The Labute approximate surface area is 133 Å². The summed E-state index contributed by atoms with van der Waals surface area (Å²) in [5, 5.41) is 2.87. The van der Waals surface area contributed by atoms with E-state index in [9.17, 15) is 4.79 Å². The summed E-state index contributed by atoms with van der Waals surface area (Å²) >= 11 is 0. The summed E-state index contributed by atoms with van der Waals surface area (Å²) in [6, 6.07) is 10.5. The third kappa shape index (κ3) is 5.88. The van der Waals surface area contributed by atoms with Crippen molar-refractivity contribution in [1.82, 2.24) is 5.32 Å². The first-order chi connectivity index (χ1) is 9.15. The molecule has 1 aromatic rings. The van der Waals surface area contributed by atoms with Crippen molar-refractivity contribution in [1.29, 1.82) is 0 Å². The highest BCUT2D eigenvalue weighted by atomic mass is 79.9. The Morgan fingerprint density at radius 1 is 1.25 bits per heavy atom. The fraction of sp³-hybridized carbons (Fsp3) is 0.438. The maximum absolute atomic E-state index is 11.2. The number of quaternary nitrogens is 1. The number of carbonyl (C=O) groups excluding carboxylic acids is 1. The summed E-state index contributed by atoms with van der Waals surface area (Å²) in [6.07, 6.45) is 1.32. The van der Waals surface area contributed by atoms with Crippen LogP contribution in [0.5, 0.6) is 0 Å². The number of nitrogens with zero attached hydrogens (tertiary/aromatic N) is 1. The Morgan fingerprint density at radius 3 is 2.35 bits per heavy atom. The van der Waals surface area contributed by atoms with E-state index in [1.807, 2.05) is 6.07 Å². The molecule has 0 saturated carbocycles. The first kappa shape index (κ1) is 18.9. The summed E-state index contributed by atoms with van der Waals surface area (Å²) in [5.74, 6) is -0.0926. The number of benzene rings is 1. The van der Waals surface area contributed by atoms with Crippen molar-refractivity contribution in [2.75, 3.05) is 26.2 Å². The van der Waals surface area contributed by atoms with E-state index >= 15 is 0 Å². The van der Waals surface area contributed by atoms with Crippen LogP contribution in [0.3, 0.4) is 0 Å². The molecule has 112 valence electrons. The van der Waals surface area contributed by atoms with Crippen molar-refractivity contribution >= 4 is 5.91 Å². The molecule has 1 aromatic carbocycles. The number of likely N-dealkylation sites (N-methyl/N-ethyl adjacent to an activating group) is 1. The molecule has 1 N–H and O–H groups in total. The molecule has 1 rings (SSSR count). The van der Waals surface area contributed by atoms with Gasteiger partial charge in [-0.1, -0.05) is 36.9 Å². The van der Waals surface area contributed by atoms with Gasteiger partial charge in [-0.15, -0.1) is 0 Å². The van der Waals surface area contributed by atoms with Gasteiger partial charge in [-0.25, -0.2) is 0 Å². The van der Waals surface area contributed by atoms with Gasteiger partial charge in [-0.2, -0.15) is 0 Å². The monoisotopic (exact) mass is 340 g/mol. The van der Waals surface area contributed by atoms with E-state index in [4.69, 9.17) is 0 Å². The smallest absolute Gasteiger partial charge is 0.243 e. The van der Waals surface area contributed by atoms with E-state index in [1.165, 1.54) is 11.6 Å². The molecule has 0 aromatic heterocycles. The second-order valence-electron chi connectivity index (χ2n) is 4.84. The Morgan fingerprint density at radius 2 is 1.85 bits per heavy atom. The highest BCUT2D eigenvalue weighted by Crippen LogP contribution is 2.13. The molecule has 0 fully saturated rings. The fourth-order valence-corrected chi connectivity index (χ4v) is 2.30. The van der Waals surface area contributed by atoms with Gasteiger partial charge in [0, 0.05) is 5.56 Å². The number of nitrogens with one attached hydrogen (secondary N) is 1. The standard InChI is InChI=1S/C16H24N2O.BrH/c1-4-16(19)17-12-13-18(5-2,6-3)14-15-10-8-7-9-11-15;/h4,7-11H,1,5-6,12-14H2,2-3H3;1H. The van der Waals surface area contributed by atoms with Gasteiger partial charge in [0.15, 0.2) is 0 Å². The molecule has 0 aliphatic rings. The minimum atomic E-state index is -0.0926. The van der Waals surface area contributed by atoms with Crippen molar-refractivity contribution in [2.45, 2.75) is 20.4 Å². The van der Waals surface area contributed by atoms with Crippen LogP contribution in [0.4, 0.5) is 0 Å². The largest absolute Gasteiger partial charge is 1.00 e. The molecular weight excluding hydrogens is 316 g/mol. The van der Waals surface area contributed by atoms with Crippen LogP contribution >= 0.6 is 0 Å². The maximum atomic E-state index is 11.2. The van der Waals surface area contributed by atoms with Crippen molar-refractivity contribution in [3.63, 3.8) is 0 Å². The average Bonchev–Trinajstić information content (AvgIpc) is 2.47. The maximum Gasteiger partial charge on any atom is 0.243 e. The van der Waals surface area contributed by atoms with Gasteiger partial charge >= 0.3 is 0 Å². The molecule has 0 unspecified atom stereocenters. The van der Waals surface area contributed by atoms with Crippen LogP contribution in [-0.2, 0) is 11.3 Å². The Hall–Kier alpha value is -1.13. The van der Waals surface area contributed by atoms with Crippen molar-refractivity contribution in [3.8, 4) is 0 Å². The van der Waals surface area contributed by atoms with Crippen molar-refractivity contribution in [3.05, 3.63) is 48.6 Å². The zero-order valence-corrected chi connectivity index (χ0v) is 14.0. The van der Waals surface area contributed by atoms with Crippen LogP contribution in [0.15, 0.2) is 43.0 Å². The highest BCUT2D eigenvalue weighted by Gasteiger charge is 2.23. The Balaban J connectivity index is 0.00000361. The van der Waals surface area contributed by atoms with Crippen LogP contribution < -0.4 is 22.3 Å². The molecular formula is C16H25BrN2O. The van der Waals surface area contributed by atoms with Gasteiger partial charge < -0.3 is 26.8 Å². The summed E-state index contributed by atoms with van der Waals surface area (Å²) in [5.41, 5.74) is 1.35. The molecule has 0 radical (unpaired) electrons. The molecule has 0 aliphatic carbocycles. The fourth-order valence-electron chi connectivity index (χ4n) is 2.30. The number of halogens is 1. The molecule has 0 saturated heterocycles. The molecule has 0 atom stereocenters. The number of hydrogen-bond acceptors (Lipinski definition) is 1. The number of hydrogen-bond donors (Lipinski definition) is 1. The lowest BCUT2D eigenvalue weighted by Crippen LogP contribution is -3.00. The summed E-state index contributed by atoms with van der Waals surface area (Å²) in [6.45, 7) is 12.7. The topological polar surface area (TPSA) is 29.1 Å². The SMILES string of the molecule is C=CC(=O)NCC[N+](CC)(CC)Cc1ccccc1.[Br-]. The minimum Gasteiger partial charge on any atom is -1.00 e. The lowest BCUT2D eigenvalue weighted by atomic mass is 10.1. The first-order valence-electron chi connectivity index (χ1n) is 6.95. The zero-order chi connectivity index (χ0) is 14.1. The van der Waals surface area contributed by atoms with Crippen LogP contribution in [0.1, 0.15) is 19.4 Å². The Bertz CT molecular complexity index is 402. The van der Waals surface area contributed by atoms with Crippen molar-refractivity contribution < 1.29 is 26.3 Å². The van der Waals surface area contributed by atoms with Gasteiger partial charge in [0.05, 0.1) is 26.2 Å². The number of amides is 1. The van der Waals surface area contributed by atoms with Crippen LogP contribution in [0, 0.1) is 0 Å². The van der Waals surface area contributed by atoms with Crippen LogP contribution in [0.2, 0.25) is 0 Å². The second-order valence-corrected chi connectivity index (χ2v) is 4.84. The summed E-state index contributed by atoms with van der Waals surface area (Å²) < 4.78 is 0.988. The van der Waals surface area contributed by atoms with Gasteiger partial charge in [-0.3, -0.25) is 4.79 Å². The van der Waals surface area contributed by atoms with Gasteiger partial charge in [-0.05, 0) is 19.9 Å². The molecule has 0 bridgehead atoms. The molecule has 0 aliphatic heterocycles. The minimum absolute atomic E-state index is 0. The van der Waals surface area contributed by atoms with Crippen molar-refractivity contribution in [2.24, 2.45) is 0 Å². The van der Waals surface area contributed by atoms with Gasteiger partial charge in [0.25, 0.3) is 0 Å². The van der Waals surface area contributed by atoms with E-state index in [1.54, 1.807) is 0 Å². The molecule has 3 nitrogen and oxygen atoms in total. The normalized spacial score (nSPS) is 10.5. The van der Waals surface area contributed by atoms with Gasteiger partial charge in [0.1, 0.15) is 6.54 Å². The van der Waals surface area contributed by atoms with Crippen LogP contribution in [-0.4, -0.2) is 36.6 Å². The number of carbonyl (C=O) groups is 1. The lowest BCUT2D eigenvalue weighted by molar-refractivity contribution is -0.936. The summed E-state index contributed by atoms with van der Waals surface area (Å²) in [4.78, 5) is 11.2. The first-order valence-corrected chi connectivity index (χ1v) is 6.95. The van der Waals surface area contributed by atoms with E-state index in [0.717, 1.165) is 30.7 Å². The quantitative estimate of drug-likeness (QED) is 0.494. The predicted molar refractivity (Wildman–Crippen MR) is 79.6 cm³/mol. The third-order valence-corrected chi connectivity index (χ3v) is 3.77.